The largest absolute Gasteiger partial charge is 0.322 e. The summed E-state index contributed by atoms with van der Waals surface area (Å²) in [4.78, 5) is 42.0. The zero-order chi connectivity index (χ0) is 28.8. The highest BCUT2D eigenvalue weighted by molar-refractivity contribution is 8.00. The fraction of sp³-hybridized carbons (Fsp3) is 0.0333. The zero-order valence-corrected chi connectivity index (χ0v) is 23.6. The third kappa shape index (κ3) is 7.17. The minimum Gasteiger partial charge on any atom is -0.322 e. The first-order valence-corrected chi connectivity index (χ1v) is 14.4. The first kappa shape index (κ1) is 28.0. The molecule has 5 aromatic rings. The number of benzene rings is 4. The van der Waals surface area contributed by atoms with E-state index in [0.29, 0.717) is 15.8 Å². The van der Waals surface area contributed by atoms with E-state index in [-0.39, 0.29) is 17.2 Å². The van der Waals surface area contributed by atoms with E-state index in [1.54, 1.807) is 30.3 Å². The Balaban J connectivity index is 1.32. The summed E-state index contributed by atoms with van der Waals surface area (Å²) >= 11 is 8.67. The maximum Gasteiger partial charge on any atom is 0.269 e. The summed E-state index contributed by atoms with van der Waals surface area (Å²) in [5.74, 6) is -0.641. The van der Waals surface area contributed by atoms with Gasteiger partial charge in [0.05, 0.1) is 10.6 Å². The summed E-state index contributed by atoms with van der Waals surface area (Å²) in [7, 11) is 0. The molecule has 41 heavy (non-hydrogen) atoms. The van der Waals surface area contributed by atoms with Crippen molar-refractivity contribution in [3.8, 4) is 11.3 Å². The van der Waals surface area contributed by atoms with Gasteiger partial charge in [-0.1, -0.05) is 60.1 Å². The first-order chi connectivity index (χ1) is 19.9. The number of amides is 2. The number of nitrogens with one attached hydrogen (secondary N) is 2. The van der Waals surface area contributed by atoms with Crippen molar-refractivity contribution >= 4 is 63.0 Å². The van der Waals surface area contributed by atoms with Gasteiger partial charge in [0.15, 0.2) is 5.13 Å². The van der Waals surface area contributed by atoms with E-state index in [1.165, 1.54) is 47.4 Å². The van der Waals surface area contributed by atoms with E-state index >= 15 is 0 Å². The molecule has 0 spiro atoms. The van der Waals surface area contributed by atoms with E-state index in [2.05, 4.69) is 15.6 Å². The molecule has 1 heterocycles. The van der Waals surface area contributed by atoms with Crippen molar-refractivity contribution < 1.29 is 14.5 Å². The summed E-state index contributed by atoms with van der Waals surface area (Å²) in [5.41, 5.74) is 3.17. The van der Waals surface area contributed by atoms with Gasteiger partial charge in [0.2, 0.25) is 5.91 Å². The van der Waals surface area contributed by atoms with Crippen LogP contribution in [0.3, 0.4) is 0 Å². The SMILES string of the molecule is O=C(Nc1cccc(SC(C(=O)Nc2nc(-c3ccc(Cl)cc3)cs2)c2ccccc2)c1)c1ccc([N+](=O)[O-])cc1. The minimum absolute atomic E-state index is 0.0934. The van der Waals surface area contributed by atoms with Crippen molar-refractivity contribution in [1.29, 1.82) is 0 Å². The van der Waals surface area contributed by atoms with Gasteiger partial charge in [-0.3, -0.25) is 19.7 Å². The topological polar surface area (TPSA) is 114 Å². The summed E-state index contributed by atoms with van der Waals surface area (Å²) in [5, 5.41) is 19.0. The zero-order valence-electron chi connectivity index (χ0n) is 21.2. The van der Waals surface area contributed by atoms with E-state index in [1.807, 2.05) is 53.9 Å². The molecule has 0 fully saturated rings. The van der Waals surface area contributed by atoms with Crippen molar-refractivity contribution in [3.05, 3.63) is 135 Å². The number of nitro benzene ring substituents is 1. The number of aromatic nitrogens is 1. The van der Waals surface area contributed by atoms with Crippen LogP contribution in [0.15, 0.2) is 113 Å². The molecular weight excluding hydrogens is 580 g/mol. The second kappa shape index (κ2) is 12.8. The van der Waals surface area contributed by atoms with E-state index in [9.17, 15) is 19.7 Å². The maximum atomic E-state index is 13.5. The van der Waals surface area contributed by atoms with Crippen LogP contribution in [0.1, 0.15) is 21.2 Å². The molecule has 0 bridgehead atoms. The molecule has 0 aliphatic rings. The summed E-state index contributed by atoms with van der Waals surface area (Å²) in [6.07, 6.45) is 0. The normalized spacial score (nSPS) is 11.4. The maximum absolute atomic E-state index is 13.5. The van der Waals surface area contributed by atoms with Crippen LogP contribution in [0.4, 0.5) is 16.5 Å². The molecule has 1 atom stereocenters. The Morgan fingerprint density at radius 1 is 0.902 bits per heavy atom. The Bertz CT molecular complexity index is 1690. The summed E-state index contributed by atoms with van der Waals surface area (Å²) < 4.78 is 0. The quantitative estimate of drug-likeness (QED) is 0.100. The predicted molar refractivity (Wildman–Crippen MR) is 164 cm³/mol. The average Bonchev–Trinajstić information content (AvgIpc) is 3.45. The number of carbonyl (C=O) groups is 2. The molecule has 2 amide bonds. The summed E-state index contributed by atoms with van der Waals surface area (Å²) in [6, 6.07) is 29.3. The van der Waals surface area contributed by atoms with Crippen LogP contribution in [-0.2, 0) is 4.79 Å². The Kier molecular flexibility index (Phi) is 8.73. The predicted octanol–water partition coefficient (Wildman–Crippen LogP) is 8.10. The number of carbonyl (C=O) groups excluding carboxylic acids is 2. The number of thiazole rings is 1. The molecule has 1 unspecified atom stereocenters. The fourth-order valence-corrected chi connectivity index (χ4v) is 5.81. The van der Waals surface area contributed by atoms with Gasteiger partial charge in [-0.2, -0.15) is 0 Å². The lowest BCUT2D eigenvalue weighted by atomic mass is 10.1. The van der Waals surface area contributed by atoms with Crippen LogP contribution >= 0.6 is 34.7 Å². The van der Waals surface area contributed by atoms with Gasteiger partial charge in [0.1, 0.15) is 5.25 Å². The lowest BCUT2D eigenvalue weighted by Crippen LogP contribution is -2.19. The van der Waals surface area contributed by atoms with Crippen LogP contribution in [0.2, 0.25) is 5.02 Å². The highest BCUT2D eigenvalue weighted by atomic mass is 35.5. The van der Waals surface area contributed by atoms with Crippen molar-refractivity contribution in [2.45, 2.75) is 10.1 Å². The molecule has 5 rings (SSSR count). The Morgan fingerprint density at radius 2 is 1.63 bits per heavy atom. The highest BCUT2D eigenvalue weighted by Gasteiger charge is 2.23. The molecule has 8 nitrogen and oxygen atoms in total. The Labute approximate surface area is 248 Å². The highest BCUT2D eigenvalue weighted by Crippen LogP contribution is 2.38. The average molecular weight is 601 g/mol. The molecule has 1 aromatic heterocycles. The van der Waals surface area contributed by atoms with Crippen LogP contribution in [0, 0.1) is 10.1 Å². The number of anilines is 2. The van der Waals surface area contributed by atoms with E-state index < -0.39 is 16.1 Å². The van der Waals surface area contributed by atoms with Gasteiger partial charge in [-0.15, -0.1) is 23.1 Å². The third-order valence-electron chi connectivity index (χ3n) is 5.90. The van der Waals surface area contributed by atoms with Gasteiger partial charge < -0.3 is 10.6 Å². The number of halogens is 1. The Hall–Kier alpha value is -4.51. The fourth-order valence-electron chi connectivity index (χ4n) is 3.88. The number of nitro groups is 1. The van der Waals surface area contributed by atoms with Crippen LogP contribution < -0.4 is 10.6 Å². The molecule has 2 N–H and O–H groups in total. The number of nitrogens with zero attached hydrogens (tertiary/aromatic N) is 2. The minimum atomic E-state index is -0.597. The lowest BCUT2D eigenvalue weighted by molar-refractivity contribution is -0.384. The van der Waals surface area contributed by atoms with Crippen LogP contribution in [-0.4, -0.2) is 21.7 Å². The smallest absolute Gasteiger partial charge is 0.269 e. The second-order valence-electron chi connectivity index (χ2n) is 8.73. The van der Waals surface area contributed by atoms with Crippen molar-refractivity contribution in [3.63, 3.8) is 0 Å². The summed E-state index contributed by atoms with van der Waals surface area (Å²) in [6.45, 7) is 0. The first-order valence-electron chi connectivity index (χ1n) is 12.3. The monoisotopic (exact) mass is 600 g/mol. The molecule has 0 aliphatic heterocycles. The van der Waals surface area contributed by atoms with Crippen molar-refractivity contribution in [2.24, 2.45) is 0 Å². The number of thioether (sulfide) groups is 1. The molecule has 0 saturated heterocycles. The molecule has 0 saturated carbocycles. The van der Waals surface area contributed by atoms with Gasteiger partial charge in [0.25, 0.3) is 11.6 Å². The van der Waals surface area contributed by atoms with Crippen LogP contribution in [0.5, 0.6) is 0 Å². The third-order valence-corrected chi connectivity index (χ3v) is 8.16. The molecular formula is C30H21ClN4O4S2. The Morgan fingerprint density at radius 3 is 2.34 bits per heavy atom. The number of hydrogen-bond donors (Lipinski definition) is 2. The van der Waals surface area contributed by atoms with E-state index in [0.717, 1.165) is 21.7 Å². The number of rotatable bonds is 9. The van der Waals surface area contributed by atoms with Gasteiger partial charge in [-0.25, -0.2) is 4.98 Å². The van der Waals surface area contributed by atoms with Crippen LogP contribution in [0.25, 0.3) is 11.3 Å². The number of non-ortho nitro benzene ring substituents is 1. The molecule has 204 valence electrons. The van der Waals surface area contributed by atoms with Gasteiger partial charge in [0, 0.05) is 44.2 Å². The lowest BCUT2D eigenvalue weighted by Gasteiger charge is -2.17. The molecule has 11 heteroatoms. The molecule has 0 aliphatic carbocycles. The second-order valence-corrected chi connectivity index (χ2v) is 11.2. The van der Waals surface area contributed by atoms with E-state index in [4.69, 9.17) is 11.6 Å². The van der Waals surface area contributed by atoms with Crippen molar-refractivity contribution in [2.75, 3.05) is 10.6 Å². The van der Waals surface area contributed by atoms with Gasteiger partial charge in [-0.05, 0) is 48.0 Å². The number of hydrogen-bond acceptors (Lipinski definition) is 7. The standard InChI is InChI=1S/C30H21ClN4O4S2/c31-22-13-9-19(10-14-22)26-18-40-30(33-26)34-29(37)27(20-5-2-1-3-6-20)41-25-8-4-7-23(17-25)32-28(36)21-11-15-24(16-12-21)35(38)39/h1-18,27H,(H,32,36)(H,33,34,37). The molecule has 4 aromatic carbocycles. The molecule has 0 radical (unpaired) electrons. The van der Waals surface area contributed by atoms with Crippen molar-refractivity contribution in [1.82, 2.24) is 4.98 Å². The van der Waals surface area contributed by atoms with Gasteiger partial charge >= 0.3 is 0 Å².